The van der Waals surface area contributed by atoms with Crippen molar-refractivity contribution < 1.29 is 8.78 Å². The maximum Gasteiger partial charge on any atom is 0.246 e. The van der Waals surface area contributed by atoms with Crippen molar-refractivity contribution >= 4 is 23.2 Å². The van der Waals surface area contributed by atoms with Crippen LogP contribution >= 0.6 is 23.2 Å². The van der Waals surface area contributed by atoms with Gasteiger partial charge in [0.2, 0.25) is 6.43 Å². The molecule has 1 unspecified atom stereocenters. The van der Waals surface area contributed by atoms with Crippen LogP contribution in [-0.4, -0.2) is 18.0 Å². The summed E-state index contributed by atoms with van der Waals surface area (Å²) in [5.41, 5.74) is 5.46. The highest BCUT2D eigenvalue weighted by Gasteiger charge is 2.23. The van der Waals surface area contributed by atoms with Gasteiger partial charge >= 0.3 is 0 Å². The van der Waals surface area contributed by atoms with Gasteiger partial charge in [-0.3, -0.25) is 0 Å². The second-order valence-corrected chi connectivity index (χ2v) is 3.50. The average molecular weight is 241 g/mol. The summed E-state index contributed by atoms with van der Waals surface area (Å²) in [6.07, 6.45) is -1.32. The summed E-state index contributed by atoms with van der Waals surface area (Å²) in [7, 11) is 0. The molecule has 0 aliphatic heterocycles. The number of alkyl halides is 2. The molecule has 0 saturated heterocycles. The Morgan fingerprint density at radius 1 is 1.43 bits per heavy atom. The van der Waals surface area contributed by atoms with Gasteiger partial charge in [0.25, 0.3) is 0 Å². The number of nitrogens with zero attached hydrogens (tertiary/aromatic N) is 1. The number of pyridine rings is 1. The topological polar surface area (TPSA) is 38.9 Å². The molecule has 1 heterocycles. The first kappa shape index (κ1) is 11.6. The average Bonchev–Trinajstić information content (AvgIpc) is 2.11. The summed E-state index contributed by atoms with van der Waals surface area (Å²) in [6.45, 7) is -0.183. The highest BCUT2D eigenvalue weighted by atomic mass is 35.5. The lowest BCUT2D eigenvalue weighted by Crippen LogP contribution is -2.20. The highest BCUT2D eigenvalue weighted by molar-refractivity contribution is 6.32. The van der Waals surface area contributed by atoms with Crippen LogP contribution in [0.15, 0.2) is 12.3 Å². The lowest BCUT2D eigenvalue weighted by atomic mass is 10.0. The van der Waals surface area contributed by atoms with Gasteiger partial charge in [0.15, 0.2) is 0 Å². The van der Waals surface area contributed by atoms with Crippen molar-refractivity contribution in [1.29, 1.82) is 0 Å². The SMILES string of the molecule is NCC(c1cc(Cl)ncc1Cl)C(F)F. The standard InChI is InChI=1S/C8H8Cl2F2N2/c9-6-3-14-7(10)1-4(6)5(2-13)8(11)12/h1,3,5,8H,2,13H2. The van der Waals surface area contributed by atoms with Gasteiger partial charge in [-0.2, -0.15) is 0 Å². The molecule has 0 spiro atoms. The molecule has 0 aliphatic rings. The number of halogens is 4. The molecular weight excluding hydrogens is 233 g/mol. The third-order valence-electron chi connectivity index (χ3n) is 1.81. The predicted molar refractivity (Wildman–Crippen MR) is 52.1 cm³/mol. The maximum atomic E-state index is 12.5. The Hall–Kier alpha value is -0.450. The van der Waals surface area contributed by atoms with Crippen LogP contribution in [0.25, 0.3) is 0 Å². The van der Waals surface area contributed by atoms with Gasteiger partial charge in [0, 0.05) is 12.7 Å². The van der Waals surface area contributed by atoms with Crippen LogP contribution in [0.2, 0.25) is 10.2 Å². The van der Waals surface area contributed by atoms with Gasteiger partial charge in [-0.1, -0.05) is 23.2 Å². The molecule has 0 radical (unpaired) electrons. The zero-order valence-electron chi connectivity index (χ0n) is 7.05. The Balaban J connectivity index is 3.08. The fourth-order valence-corrected chi connectivity index (χ4v) is 1.49. The first-order chi connectivity index (χ1) is 6.56. The van der Waals surface area contributed by atoms with Crippen LogP contribution in [0.1, 0.15) is 11.5 Å². The van der Waals surface area contributed by atoms with E-state index in [1.165, 1.54) is 12.3 Å². The van der Waals surface area contributed by atoms with Crippen molar-refractivity contribution in [3.63, 3.8) is 0 Å². The summed E-state index contributed by atoms with van der Waals surface area (Å²) in [5.74, 6) is -1.09. The van der Waals surface area contributed by atoms with Crippen molar-refractivity contribution in [1.82, 2.24) is 4.98 Å². The normalized spacial score (nSPS) is 13.3. The Kier molecular flexibility index (Phi) is 4.04. The minimum absolute atomic E-state index is 0.128. The number of rotatable bonds is 3. The van der Waals surface area contributed by atoms with Gasteiger partial charge in [0.05, 0.1) is 10.9 Å². The summed E-state index contributed by atoms with van der Waals surface area (Å²) in [5, 5.41) is 0.286. The van der Waals surface area contributed by atoms with Crippen molar-refractivity contribution in [2.75, 3.05) is 6.54 Å². The van der Waals surface area contributed by atoms with Crippen LogP contribution in [0.5, 0.6) is 0 Å². The quantitative estimate of drug-likeness (QED) is 0.826. The number of aromatic nitrogens is 1. The Bertz CT molecular complexity index is 320. The summed E-state index contributed by atoms with van der Waals surface area (Å²) >= 11 is 11.3. The highest BCUT2D eigenvalue weighted by Crippen LogP contribution is 2.29. The minimum atomic E-state index is -2.56. The van der Waals surface area contributed by atoms with Crippen LogP contribution < -0.4 is 5.73 Å². The summed E-state index contributed by atoms with van der Waals surface area (Å²) < 4.78 is 25.0. The molecule has 14 heavy (non-hydrogen) atoms. The van der Waals surface area contributed by atoms with E-state index in [2.05, 4.69) is 4.98 Å². The van der Waals surface area contributed by atoms with E-state index in [1.807, 2.05) is 0 Å². The fourth-order valence-electron chi connectivity index (χ4n) is 1.08. The Morgan fingerprint density at radius 2 is 2.07 bits per heavy atom. The van der Waals surface area contributed by atoms with E-state index in [0.717, 1.165) is 0 Å². The smallest absolute Gasteiger partial charge is 0.246 e. The first-order valence-electron chi connectivity index (χ1n) is 3.85. The molecule has 1 atom stereocenters. The van der Waals surface area contributed by atoms with Crippen LogP contribution in [0, 0.1) is 0 Å². The molecule has 6 heteroatoms. The molecule has 78 valence electrons. The second kappa shape index (κ2) is 4.87. The molecule has 0 amide bonds. The lowest BCUT2D eigenvalue weighted by Gasteiger charge is -2.15. The molecular formula is C8H8Cl2F2N2. The zero-order valence-corrected chi connectivity index (χ0v) is 8.56. The van der Waals surface area contributed by atoms with E-state index in [4.69, 9.17) is 28.9 Å². The Morgan fingerprint density at radius 3 is 2.57 bits per heavy atom. The van der Waals surface area contributed by atoms with Crippen LogP contribution in [-0.2, 0) is 0 Å². The lowest BCUT2D eigenvalue weighted by molar-refractivity contribution is 0.117. The summed E-state index contributed by atoms with van der Waals surface area (Å²) in [6, 6.07) is 1.31. The largest absolute Gasteiger partial charge is 0.330 e. The maximum absolute atomic E-state index is 12.5. The van der Waals surface area contributed by atoms with Gasteiger partial charge in [-0.15, -0.1) is 0 Å². The van der Waals surface area contributed by atoms with Crippen molar-refractivity contribution in [2.45, 2.75) is 12.3 Å². The molecule has 2 N–H and O–H groups in total. The van der Waals surface area contributed by atoms with E-state index in [0.29, 0.717) is 0 Å². The van der Waals surface area contributed by atoms with Gasteiger partial charge in [0.1, 0.15) is 5.15 Å². The predicted octanol–water partition coefficient (Wildman–Crippen LogP) is 2.70. The molecule has 1 aromatic rings. The van der Waals surface area contributed by atoms with Crippen molar-refractivity contribution in [3.05, 3.63) is 28.0 Å². The minimum Gasteiger partial charge on any atom is -0.330 e. The molecule has 2 nitrogen and oxygen atoms in total. The molecule has 0 aromatic carbocycles. The number of nitrogens with two attached hydrogens (primary N) is 1. The van der Waals surface area contributed by atoms with Crippen LogP contribution in [0.3, 0.4) is 0 Å². The Labute approximate surface area is 90.0 Å². The third-order valence-corrected chi connectivity index (χ3v) is 2.33. The van der Waals surface area contributed by atoms with E-state index in [-0.39, 0.29) is 22.3 Å². The number of hydrogen-bond donors (Lipinski definition) is 1. The zero-order chi connectivity index (χ0) is 10.7. The van der Waals surface area contributed by atoms with E-state index in [9.17, 15) is 8.78 Å². The van der Waals surface area contributed by atoms with E-state index < -0.39 is 12.3 Å². The summed E-state index contributed by atoms with van der Waals surface area (Å²) in [4.78, 5) is 3.66. The molecule has 0 aliphatic carbocycles. The molecule has 1 rings (SSSR count). The molecule has 1 aromatic heterocycles. The third kappa shape index (κ3) is 2.53. The monoisotopic (exact) mass is 240 g/mol. The molecule has 0 bridgehead atoms. The second-order valence-electron chi connectivity index (χ2n) is 2.71. The van der Waals surface area contributed by atoms with Gasteiger partial charge in [-0.25, -0.2) is 13.8 Å². The van der Waals surface area contributed by atoms with Crippen molar-refractivity contribution in [2.24, 2.45) is 5.73 Å². The van der Waals surface area contributed by atoms with E-state index >= 15 is 0 Å². The number of hydrogen-bond acceptors (Lipinski definition) is 2. The fraction of sp³-hybridized carbons (Fsp3) is 0.375. The van der Waals surface area contributed by atoms with Crippen molar-refractivity contribution in [3.8, 4) is 0 Å². The van der Waals surface area contributed by atoms with Gasteiger partial charge < -0.3 is 5.73 Å². The van der Waals surface area contributed by atoms with Gasteiger partial charge in [-0.05, 0) is 11.6 Å². The molecule has 0 fully saturated rings. The van der Waals surface area contributed by atoms with Crippen LogP contribution in [0.4, 0.5) is 8.78 Å². The first-order valence-corrected chi connectivity index (χ1v) is 4.61. The molecule has 0 saturated carbocycles. The van der Waals surface area contributed by atoms with E-state index in [1.54, 1.807) is 0 Å².